The highest BCUT2D eigenvalue weighted by Crippen LogP contribution is 2.41. The van der Waals surface area contributed by atoms with Gasteiger partial charge in [-0.1, -0.05) is 0 Å². The number of hydrogen-bond acceptors (Lipinski definition) is 7. The number of benzene rings is 1. The van der Waals surface area contributed by atoms with E-state index in [9.17, 15) is 14.4 Å². The van der Waals surface area contributed by atoms with Crippen molar-refractivity contribution in [3.8, 4) is 5.75 Å². The predicted molar refractivity (Wildman–Crippen MR) is 90.6 cm³/mol. The van der Waals surface area contributed by atoms with Gasteiger partial charge >= 0.3 is 18.0 Å². The fraction of sp³-hybridized carbons (Fsp3) is 0.500. The average Bonchev–Trinajstić information content (AvgIpc) is 3.05. The molecule has 8 nitrogen and oxygen atoms in total. The van der Waals surface area contributed by atoms with Gasteiger partial charge in [-0.05, 0) is 39.3 Å². The van der Waals surface area contributed by atoms with Crippen molar-refractivity contribution in [1.82, 2.24) is 5.32 Å². The quantitative estimate of drug-likeness (QED) is 0.603. The number of carbonyl (C=O) groups is 3. The number of anilines is 1. The number of amides is 1. The molecule has 3 aliphatic rings. The summed E-state index contributed by atoms with van der Waals surface area (Å²) in [7, 11) is 0. The first-order valence-corrected chi connectivity index (χ1v) is 8.55. The molecular weight excluding hydrogens is 340 g/mol. The van der Waals surface area contributed by atoms with Gasteiger partial charge in [0.2, 0.25) is 0 Å². The van der Waals surface area contributed by atoms with Crippen molar-refractivity contribution in [3.63, 3.8) is 0 Å². The summed E-state index contributed by atoms with van der Waals surface area (Å²) in [6.45, 7) is 6.46. The van der Waals surface area contributed by atoms with Gasteiger partial charge in [0.1, 0.15) is 18.0 Å². The van der Waals surface area contributed by atoms with Crippen molar-refractivity contribution in [2.45, 2.75) is 44.9 Å². The number of ether oxygens (including phenoxy) is 3. The van der Waals surface area contributed by atoms with Crippen molar-refractivity contribution in [2.24, 2.45) is 0 Å². The SMILES string of the molecule is CC(C)(C)OC(=O)N[C@H]1C[C@H]2COc3cc4c(cc3N2C1)C(=O)OC4=O. The molecule has 1 N–H and O–H groups in total. The number of fused-ring (bicyclic) bond motifs is 4. The summed E-state index contributed by atoms with van der Waals surface area (Å²) < 4.78 is 15.7. The van der Waals surface area contributed by atoms with Crippen LogP contribution in [0.2, 0.25) is 0 Å². The Morgan fingerprint density at radius 1 is 1.23 bits per heavy atom. The average molecular weight is 360 g/mol. The second kappa shape index (κ2) is 5.62. The van der Waals surface area contributed by atoms with Crippen LogP contribution in [0.3, 0.4) is 0 Å². The van der Waals surface area contributed by atoms with E-state index in [2.05, 4.69) is 15.0 Å². The molecule has 0 saturated carbocycles. The van der Waals surface area contributed by atoms with Crippen LogP contribution in [0.25, 0.3) is 0 Å². The van der Waals surface area contributed by atoms with Crippen molar-refractivity contribution in [3.05, 3.63) is 23.3 Å². The summed E-state index contributed by atoms with van der Waals surface area (Å²) >= 11 is 0. The molecule has 0 spiro atoms. The van der Waals surface area contributed by atoms with Gasteiger partial charge in [-0.25, -0.2) is 14.4 Å². The Morgan fingerprint density at radius 3 is 2.62 bits per heavy atom. The largest absolute Gasteiger partial charge is 0.489 e. The fourth-order valence-corrected chi connectivity index (χ4v) is 3.57. The first-order chi connectivity index (χ1) is 12.2. The van der Waals surface area contributed by atoms with Crippen molar-refractivity contribution < 1.29 is 28.6 Å². The van der Waals surface area contributed by atoms with Crippen LogP contribution in [0.4, 0.5) is 10.5 Å². The van der Waals surface area contributed by atoms with E-state index in [4.69, 9.17) is 9.47 Å². The molecule has 8 heteroatoms. The molecule has 0 aromatic heterocycles. The van der Waals surface area contributed by atoms with Crippen LogP contribution in [0.5, 0.6) is 5.75 Å². The fourth-order valence-electron chi connectivity index (χ4n) is 3.57. The maximum absolute atomic E-state index is 12.0. The Balaban J connectivity index is 1.54. The molecule has 26 heavy (non-hydrogen) atoms. The van der Waals surface area contributed by atoms with E-state index in [1.54, 1.807) is 12.1 Å². The molecule has 4 rings (SSSR count). The number of nitrogens with one attached hydrogen (secondary N) is 1. The zero-order valence-electron chi connectivity index (χ0n) is 14.8. The number of cyclic esters (lactones) is 2. The maximum atomic E-state index is 12.0. The molecule has 138 valence electrons. The first-order valence-electron chi connectivity index (χ1n) is 8.55. The minimum atomic E-state index is -0.649. The number of esters is 2. The summed E-state index contributed by atoms with van der Waals surface area (Å²) in [5, 5.41) is 2.89. The predicted octanol–water partition coefficient (Wildman–Crippen LogP) is 1.86. The van der Waals surface area contributed by atoms with Crippen LogP contribution in [0, 0.1) is 0 Å². The second-order valence-corrected chi connectivity index (χ2v) is 7.74. The van der Waals surface area contributed by atoms with Crippen molar-refractivity contribution in [1.29, 1.82) is 0 Å². The van der Waals surface area contributed by atoms with Crippen LogP contribution >= 0.6 is 0 Å². The third kappa shape index (κ3) is 2.85. The highest BCUT2D eigenvalue weighted by Gasteiger charge is 2.40. The lowest BCUT2D eigenvalue weighted by Crippen LogP contribution is -2.41. The van der Waals surface area contributed by atoms with Crippen LogP contribution in [-0.4, -0.2) is 48.9 Å². The van der Waals surface area contributed by atoms with E-state index in [-0.39, 0.29) is 23.2 Å². The lowest BCUT2D eigenvalue weighted by molar-refractivity contribution is 0.0440. The first kappa shape index (κ1) is 16.7. The molecule has 0 bridgehead atoms. The second-order valence-electron chi connectivity index (χ2n) is 7.74. The molecule has 0 radical (unpaired) electrons. The number of rotatable bonds is 1. The van der Waals surface area contributed by atoms with E-state index in [0.29, 0.717) is 25.3 Å². The molecule has 1 amide bonds. The van der Waals surface area contributed by atoms with Crippen molar-refractivity contribution in [2.75, 3.05) is 18.1 Å². The van der Waals surface area contributed by atoms with Gasteiger partial charge in [0.05, 0.1) is 28.9 Å². The third-order valence-electron chi connectivity index (χ3n) is 4.60. The Labute approximate surface area is 150 Å². The van der Waals surface area contributed by atoms with E-state index in [1.807, 2.05) is 20.8 Å². The maximum Gasteiger partial charge on any atom is 0.407 e. The third-order valence-corrected chi connectivity index (χ3v) is 4.60. The normalized spacial score (nSPS) is 23.6. The number of carbonyl (C=O) groups excluding carboxylic acids is 3. The topological polar surface area (TPSA) is 94.2 Å². The molecule has 1 saturated heterocycles. The molecule has 0 unspecified atom stereocenters. The highest BCUT2D eigenvalue weighted by molar-refractivity contribution is 6.15. The lowest BCUT2D eigenvalue weighted by Gasteiger charge is -2.33. The van der Waals surface area contributed by atoms with Crippen LogP contribution in [-0.2, 0) is 9.47 Å². The minimum absolute atomic E-state index is 0.0774. The lowest BCUT2D eigenvalue weighted by atomic mass is 10.1. The summed E-state index contributed by atoms with van der Waals surface area (Å²) in [4.78, 5) is 37.6. The van der Waals surface area contributed by atoms with Gasteiger partial charge in [0.25, 0.3) is 0 Å². The van der Waals surface area contributed by atoms with E-state index < -0.39 is 23.6 Å². The Hall–Kier alpha value is -2.77. The molecule has 1 aromatic carbocycles. The molecule has 2 atom stereocenters. The van der Waals surface area contributed by atoms with E-state index in [0.717, 1.165) is 5.69 Å². The van der Waals surface area contributed by atoms with Gasteiger partial charge in [0.15, 0.2) is 0 Å². The van der Waals surface area contributed by atoms with Gasteiger partial charge in [-0.3, -0.25) is 0 Å². The number of nitrogens with zero attached hydrogens (tertiary/aromatic N) is 1. The summed E-state index contributed by atoms with van der Waals surface area (Å²) in [6.07, 6.45) is 0.255. The minimum Gasteiger partial charge on any atom is -0.489 e. The highest BCUT2D eigenvalue weighted by atomic mass is 16.6. The van der Waals surface area contributed by atoms with Crippen LogP contribution < -0.4 is 15.0 Å². The smallest absolute Gasteiger partial charge is 0.407 e. The zero-order chi connectivity index (χ0) is 18.6. The zero-order valence-corrected chi connectivity index (χ0v) is 14.8. The van der Waals surface area contributed by atoms with Gasteiger partial charge in [-0.2, -0.15) is 0 Å². The van der Waals surface area contributed by atoms with Gasteiger partial charge in [0, 0.05) is 6.54 Å². The molecule has 3 aliphatic heterocycles. The van der Waals surface area contributed by atoms with Crippen LogP contribution in [0.1, 0.15) is 47.9 Å². The van der Waals surface area contributed by atoms with E-state index >= 15 is 0 Å². The van der Waals surface area contributed by atoms with Crippen LogP contribution in [0.15, 0.2) is 12.1 Å². The summed E-state index contributed by atoms with van der Waals surface area (Å²) in [5.41, 5.74) is 0.662. The molecule has 1 fully saturated rings. The van der Waals surface area contributed by atoms with E-state index in [1.165, 1.54) is 0 Å². The number of hydrogen-bond donors (Lipinski definition) is 1. The summed E-state index contributed by atoms with van der Waals surface area (Å²) in [5.74, 6) is -0.744. The number of alkyl carbamates (subject to hydrolysis) is 1. The van der Waals surface area contributed by atoms with Gasteiger partial charge < -0.3 is 24.4 Å². The molecule has 0 aliphatic carbocycles. The molecule has 3 heterocycles. The Morgan fingerprint density at radius 2 is 1.92 bits per heavy atom. The summed E-state index contributed by atoms with van der Waals surface area (Å²) in [6, 6.07) is 3.18. The standard InChI is InChI=1S/C18H20N2O6/c1-18(2,3)26-17(23)19-9-4-10-8-24-14-6-12-11(15(21)25-16(12)22)5-13(14)20(10)7-9/h5-6,9-10H,4,7-8H2,1-3H3,(H,19,23)/t9-,10-/m0/s1. The molecule has 1 aromatic rings. The Kier molecular flexibility index (Phi) is 3.61. The van der Waals surface area contributed by atoms with Gasteiger partial charge in [-0.15, -0.1) is 0 Å². The monoisotopic (exact) mass is 360 g/mol. The molecular formula is C18H20N2O6. The van der Waals surface area contributed by atoms with Crippen molar-refractivity contribution >= 4 is 23.7 Å². The Bertz CT molecular complexity index is 813.